The number of halogens is 1. The molecule has 294 valence electrons. The molecule has 2 atom stereocenters. The summed E-state index contributed by atoms with van der Waals surface area (Å²) in [5.41, 5.74) is 9.79. The van der Waals surface area contributed by atoms with E-state index in [1.807, 2.05) is 65.8 Å². The fourth-order valence-electron chi connectivity index (χ4n) is 6.45. The van der Waals surface area contributed by atoms with Gasteiger partial charge in [0.2, 0.25) is 0 Å². The fourth-order valence-corrected chi connectivity index (χ4v) is 7.65. The van der Waals surface area contributed by atoms with E-state index in [0.29, 0.717) is 34.4 Å². The highest BCUT2D eigenvalue weighted by Crippen LogP contribution is 2.36. The van der Waals surface area contributed by atoms with Gasteiger partial charge >= 0.3 is 5.97 Å². The van der Waals surface area contributed by atoms with E-state index >= 15 is 0 Å². The Bertz CT molecular complexity index is 1990. The predicted molar refractivity (Wildman–Crippen MR) is 230 cm³/mol. The first-order valence-corrected chi connectivity index (χ1v) is 20.5. The van der Waals surface area contributed by atoms with Crippen LogP contribution in [0.3, 0.4) is 0 Å². The van der Waals surface area contributed by atoms with Gasteiger partial charge in [-0.3, -0.25) is 19.4 Å². The topological polar surface area (TPSA) is 122 Å². The molecule has 1 aliphatic rings. The molecule has 1 heterocycles. The number of allylic oxidation sites excluding steroid dienone is 2. The van der Waals surface area contributed by atoms with E-state index in [9.17, 15) is 14.4 Å². The minimum Gasteiger partial charge on any atom is -0.469 e. The van der Waals surface area contributed by atoms with Crippen molar-refractivity contribution < 1.29 is 19.1 Å². The number of methoxy groups -OCH3 is 1. The number of carbonyl (C=O) groups is 3. The lowest BCUT2D eigenvalue weighted by Crippen LogP contribution is -2.28. The van der Waals surface area contributed by atoms with Crippen molar-refractivity contribution in [2.75, 3.05) is 25.5 Å². The third-order valence-corrected chi connectivity index (χ3v) is 11.7. The third-order valence-electron chi connectivity index (χ3n) is 10.2. The number of ketones is 1. The first-order valence-electron chi connectivity index (χ1n) is 19.3. The Hall–Kier alpha value is -4.41. The number of anilines is 1. The molecule has 0 saturated heterocycles. The second-order valence-corrected chi connectivity index (χ2v) is 16.0. The van der Waals surface area contributed by atoms with Gasteiger partial charge in [0.25, 0.3) is 5.91 Å². The van der Waals surface area contributed by atoms with Gasteiger partial charge in [-0.15, -0.1) is 11.3 Å². The summed E-state index contributed by atoms with van der Waals surface area (Å²) in [6.07, 6.45) is 5.90. The third kappa shape index (κ3) is 11.3. The maximum atomic E-state index is 13.7. The quantitative estimate of drug-likeness (QED) is 0.0437. The Kier molecular flexibility index (Phi) is 16.1. The van der Waals surface area contributed by atoms with Gasteiger partial charge in [0.15, 0.2) is 5.78 Å². The van der Waals surface area contributed by atoms with Crippen molar-refractivity contribution in [3.63, 3.8) is 0 Å². The Morgan fingerprint density at radius 2 is 1.67 bits per heavy atom. The maximum Gasteiger partial charge on any atom is 0.308 e. The lowest BCUT2D eigenvalue weighted by atomic mass is 9.83. The molecule has 11 heteroatoms. The maximum absolute atomic E-state index is 13.7. The van der Waals surface area contributed by atoms with Crippen molar-refractivity contribution >= 4 is 69.0 Å². The fraction of sp³-hybridized carbons (Fsp3) is 0.455. The molecule has 0 radical (unpaired) electrons. The number of thiophene rings is 1. The summed E-state index contributed by atoms with van der Waals surface area (Å²) < 4.78 is 5.03. The summed E-state index contributed by atoms with van der Waals surface area (Å²) in [6.45, 7) is 16.8. The van der Waals surface area contributed by atoms with Gasteiger partial charge in [-0.05, 0) is 114 Å². The van der Waals surface area contributed by atoms with Crippen LogP contribution in [0.4, 0.5) is 5.69 Å². The van der Waals surface area contributed by atoms with Crippen LogP contribution >= 0.6 is 22.9 Å². The number of aliphatic imine (C=N–C) groups is 1. The van der Waals surface area contributed by atoms with Crippen LogP contribution in [0.1, 0.15) is 134 Å². The Morgan fingerprint density at radius 1 is 0.964 bits per heavy atom. The summed E-state index contributed by atoms with van der Waals surface area (Å²) in [4.78, 5) is 46.2. The highest BCUT2D eigenvalue weighted by molar-refractivity contribution is 7.14. The molecular formula is C44H56ClN5O4S. The highest BCUT2D eigenvalue weighted by atomic mass is 35.5. The van der Waals surface area contributed by atoms with Gasteiger partial charge in [0, 0.05) is 57.0 Å². The molecule has 1 amide bonds. The van der Waals surface area contributed by atoms with Crippen LogP contribution < -0.4 is 10.6 Å². The lowest BCUT2D eigenvalue weighted by molar-refractivity contribution is -0.140. The number of esters is 1. The van der Waals surface area contributed by atoms with Gasteiger partial charge in [-0.1, -0.05) is 56.5 Å². The van der Waals surface area contributed by atoms with Crippen LogP contribution in [0.2, 0.25) is 5.02 Å². The zero-order valence-electron chi connectivity index (χ0n) is 33.8. The average molecular weight is 786 g/mol. The SMILES string of the molecule is CCC/C(C)=N\N=C(/C)C(CC(=O)OC)/N=C(/c1ccc(Cl)cc1)c1c(C)sc(C(=O)NCCNc2ccc(C(=O)C(C)CC)c(C(C)=C3CCC3)c2)c1C. The number of carbonyl (C=O) groups excluding carboxylic acids is 3. The number of hydrogen-bond acceptors (Lipinski definition) is 9. The average Bonchev–Trinajstić information content (AvgIpc) is 3.45. The second kappa shape index (κ2) is 20.5. The van der Waals surface area contributed by atoms with E-state index in [-0.39, 0.29) is 24.0 Å². The van der Waals surface area contributed by atoms with Gasteiger partial charge in [-0.2, -0.15) is 10.2 Å². The number of aryl methyl sites for hydroxylation is 1. The number of benzene rings is 2. The van der Waals surface area contributed by atoms with Crippen molar-refractivity contribution in [1.29, 1.82) is 0 Å². The van der Waals surface area contributed by atoms with Crippen molar-refractivity contribution in [3.8, 4) is 0 Å². The monoisotopic (exact) mass is 785 g/mol. The van der Waals surface area contributed by atoms with Crippen LogP contribution in [0.15, 0.2) is 63.2 Å². The molecule has 55 heavy (non-hydrogen) atoms. The summed E-state index contributed by atoms with van der Waals surface area (Å²) >= 11 is 7.69. The minimum atomic E-state index is -0.658. The van der Waals surface area contributed by atoms with Crippen molar-refractivity contribution in [2.45, 2.75) is 106 Å². The smallest absolute Gasteiger partial charge is 0.308 e. The number of nitrogens with one attached hydrogen (secondary N) is 2. The van der Waals surface area contributed by atoms with Crippen LogP contribution in [0.25, 0.3) is 5.57 Å². The number of rotatable bonds is 18. The predicted octanol–water partition coefficient (Wildman–Crippen LogP) is 10.5. The van der Waals surface area contributed by atoms with Gasteiger partial charge in [-0.25, -0.2) is 0 Å². The van der Waals surface area contributed by atoms with Crippen molar-refractivity contribution in [1.82, 2.24) is 5.32 Å². The molecule has 4 rings (SSSR count). The van der Waals surface area contributed by atoms with Gasteiger partial charge in [0.1, 0.15) is 6.04 Å². The molecular weight excluding hydrogens is 730 g/mol. The molecule has 9 nitrogen and oxygen atoms in total. The summed E-state index contributed by atoms with van der Waals surface area (Å²) in [7, 11) is 1.35. The number of hydrogen-bond donors (Lipinski definition) is 2. The zero-order valence-corrected chi connectivity index (χ0v) is 35.4. The number of nitrogens with zero attached hydrogens (tertiary/aromatic N) is 3. The molecule has 1 saturated carbocycles. The minimum absolute atomic E-state index is 0.0246. The van der Waals surface area contributed by atoms with E-state index in [1.54, 1.807) is 12.1 Å². The first kappa shape index (κ1) is 43.3. The van der Waals surface area contributed by atoms with E-state index in [2.05, 4.69) is 40.8 Å². The van der Waals surface area contributed by atoms with E-state index in [0.717, 1.165) is 76.2 Å². The molecule has 2 N–H and O–H groups in total. The Labute approximate surface area is 335 Å². The molecule has 1 fully saturated rings. The molecule has 1 aromatic heterocycles. The van der Waals surface area contributed by atoms with Crippen LogP contribution in [-0.2, 0) is 9.53 Å². The number of amides is 1. The van der Waals surface area contributed by atoms with Gasteiger partial charge < -0.3 is 15.4 Å². The molecule has 2 aromatic carbocycles. The van der Waals surface area contributed by atoms with Crippen LogP contribution in [-0.4, -0.2) is 61.0 Å². The first-order chi connectivity index (χ1) is 26.3. The zero-order chi connectivity index (χ0) is 40.2. The van der Waals surface area contributed by atoms with Crippen LogP contribution in [0.5, 0.6) is 0 Å². The van der Waals surface area contributed by atoms with Gasteiger partial charge in [0.05, 0.1) is 29.8 Å². The van der Waals surface area contributed by atoms with E-state index in [4.69, 9.17) is 21.3 Å². The summed E-state index contributed by atoms with van der Waals surface area (Å²) in [5.74, 6) is -0.462. The summed E-state index contributed by atoms with van der Waals surface area (Å²) in [5, 5.41) is 16.0. The lowest BCUT2D eigenvalue weighted by Gasteiger charge is -2.23. The highest BCUT2D eigenvalue weighted by Gasteiger charge is 2.26. The number of Topliss-reactive ketones (excluding diaryl/α,β-unsaturated/α-hetero) is 1. The standard InChI is InChI=1S/C44H56ClN5O4S/c1-10-13-27(4)49-50-30(7)38(25-39(51)54-9)48-41(33-16-18-34(45)19-17-33)40-29(6)43(55-31(40)8)44(53)47-23-22-46-35-20-21-36(42(52)26(3)11-2)37(24-35)28(5)32-14-12-15-32/h16-21,24,26,38,46H,10-15,22-23,25H2,1-9H3,(H,47,53)/b48-41-,49-27-,50-30+. The normalized spacial score (nSPS) is 14.6. The van der Waals surface area contributed by atoms with E-state index < -0.39 is 12.0 Å². The molecule has 0 bridgehead atoms. The Balaban J connectivity index is 1.59. The number of ether oxygens (including phenoxy) is 1. The molecule has 0 spiro atoms. The van der Waals surface area contributed by atoms with Crippen molar-refractivity contribution in [2.24, 2.45) is 21.1 Å². The summed E-state index contributed by atoms with van der Waals surface area (Å²) in [6, 6.07) is 12.7. The molecule has 2 unspecified atom stereocenters. The molecule has 3 aromatic rings. The molecule has 1 aliphatic carbocycles. The van der Waals surface area contributed by atoms with Crippen LogP contribution in [0, 0.1) is 19.8 Å². The van der Waals surface area contributed by atoms with Crippen molar-refractivity contribution in [3.05, 3.63) is 90.6 Å². The van der Waals surface area contributed by atoms with E-state index in [1.165, 1.54) is 36.0 Å². The second-order valence-electron chi connectivity index (χ2n) is 14.3. The molecule has 0 aliphatic heterocycles. The largest absolute Gasteiger partial charge is 0.469 e. The Morgan fingerprint density at radius 3 is 2.29 bits per heavy atom.